The lowest BCUT2D eigenvalue weighted by Gasteiger charge is -2.14. The van der Waals surface area contributed by atoms with Gasteiger partial charge in [-0.05, 0) is 40.5 Å². The van der Waals surface area contributed by atoms with Gasteiger partial charge in [0.15, 0.2) is 0 Å². The number of hydrogen-bond acceptors (Lipinski definition) is 8. The van der Waals surface area contributed by atoms with Crippen LogP contribution >= 0.6 is 15.9 Å². The summed E-state index contributed by atoms with van der Waals surface area (Å²) in [5.74, 6) is 0.0417. The molecule has 0 fully saturated rings. The fraction of sp³-hybridized carbons (Fsp3) is 0.316. The first-order valence-corrected chi connectivity index (χ1v) is 10.2. The van der Waals surface area contributed by atoms with Crippen molar-refractivity contribution >= 4 is 44.2 Å². The van der Waals surface area contributed by atoms with Crippen LogP contribution in [0.5, 0.6) is 5.88 Å². The van der Waals surface area contributed by atoms with Gasteiger partial charge in [-0.15, -0.1) is 5.10 Å². The van der Waals surface area contributed by atoms with E-state index in [0.717, 1.165) is 11.1 Å². The average Bonchev–Trinajstić information content (AvgIpc) is 3.31. The molecule has 1 unspecified atom stereocenters. The van der Waals surface area contributed by atoms with Crippen LogP contribution in [0.15, 0.2) is 29.1 Å². The average molecular weight is 489 g/mol. The molecule has 0 saturated carbocycles. The van der Waals surface area contributed by atoms with Crippen LogP contribution in [-0.4, -0.2) is 55.0 Å². The highest BCUT2D eigenvalue weighted by molar-refractivity contribution is 9.10. The van der Waals surface area contributed by atoms with Gasteiger partial charge in [-0.25, -0.2) is 14.6 Å². The molecule has 162 valence electrons. The summed E-state index contributed by atoms with van der Waals surface area (Å²) in [7, 11) is 3.31. The number of imidazole rings is 1. The van der Waals surface area contributed by atoms with Gasteiger partial charge in [0.1, 0.15) is 15.8 Å². The van der Waals surface area contributed by atoms with Gasteiger partial charge >= 0.3 is 0 Å². The minimum atomic E-state index is -0.282. The first kappa shape index (κ1) is 21.0. The number of carbonyl (C=O) groups is 1. The summed E-state index contributed by atoms with van der Waals surface area (Å²) in [5.41, 5.74) is 9.82. The SMILES string of the molecule is COc1nc(Br)cn2c(C(=O)NC(C)COCc3cc(N)c4nnn(C)c4c3)cnc12. The number of carbonyl (C=O) groups excluding carboxylic acids is 1. The van der Waals surface area contributed by atoms with Crippen LogP contribution in [0, 0.1) is 0 Å². The molecule has 1 amide bonds. The number of hydrogen-bond donors (Lipinski definition) is 2. The van der Waals surface area contributed by atoms with Crippen molar-refractivity contribution in [2.45, 2.75) is 19.6 Å². The molecule has 0 saturated heterocycles. The van der Waals surface area contributed by atoms with Crippen LogP contribution in [0.1, 0.15) is 23.0 Å². The molecule has 4 aromatic rings. The molecule has 0 spiro atoms. The van der Waals surface area contributed by atoms with Gasteiger partial charge < -0.3 is 20.5 Å². The molecule has 3 aromatic heterocycles. The van der Waals surface area contributed by atoms with E-state index in [9.17, 15) is 4.79 Å². The highest BCUT2D eigenvalue weighted by atomic mass is 79.9. The summed E-state index contributed by atoms with van der Waals surface area (Å²) in [4.78, 5) is 21.2. The number of fused-ring (bicyclic) bond motifs is 2. The van der Waals surface area contributed by atoms with Crippen LogP contribution in [0.4, 0.5) is 5.69 Å². The number of ether oxygens (including phenoxy) is 2. The molecule has 4 rings (SSSR count). The number of rotatable bonds is 7. The van der Waals surface area contributed by atoms with Gasteiger partial charge in [0, 0.05) is 19.3 Å². The zero-order valence-electron chi connectivity index (χ0n) is 17.2. The Labute approximate surface area is 185 Å². The summed E-state index contributed by atoms with van der Waals surface area (Å²) in [6, 6.07) is 3.52. The largest absolute Gasteiger partial charge is 0.478 e. The van der Waals surface area contributed by atoms with Crippen LogP contribution in [0.2, 0.25) is 0 Å². The van der Waals surface area contributed by atoms with Gasteiger partial charge in [0.2, 0.25) is 5.65 Å². The Morgan fingerprint density at radius 3 is 2.97 bits per heavy atom. The standard InChI is InChI=1S/C19H21BrN8O3/c1-10(8-31-9-11-4-12(21)16-13(5-11)27(2)26-25-16)23-18(29)14-6-22-17-19(30-3)24-15(20)7-28(14)17/h4-7,10H,8-9,21H2,1-3H3,(H,23,29). The van der Waals surface area contributed by atoms with Crippen LogP contribution < -0.4 is 15.8 Å². The van der Waals surface area contributed by atoms with E-state index in [0.29, 0.717) is 46.2 Å². The number of amides is 1. The Bertz CT molecular complexity index is 1270. The van der Waals surface area contributed by atoms with E-state index in [1.54, 1.807) is 22.3 Å². The van der Waals surface area contributed by atoms with Crippen molar-refractivity contribution in [3.8, 4) is 5.88 Å². The third kappa shape index (κ3) is 4.16. The Kier molecular flexibility index (Phi) is 5.74. The fourth-order valence-electron chi connectivity index (χ4n) is 3.23. The van der Waals surface area contributed by atoms with Crippen molar-refractivity contribution in [1.82, 2.24) is 34.7 Å². The van der Waals surface area contributed by atoms with Crippen molar-refractivity contribution in [2.24, 2.45) is 7.05 Å². The lowest BCUT2D eigenvalue weighted by Crippen LogP contribution is -2.36. The number of methoxy groups -OCH3 is 1. The second kappa shape index (κ2) is 8.47. The first-order valence-electron chi connectivity index (χ1n) is 9.41. The first-order chi connectivity index (χ1) is 14.9. The predicted octanol–water partition coefficient (Wildman–Crippen LogP) is 1.70. The van der Waals surface area contributed by atoms with Crippen LogP contribution in [0.25, 0.3) is 16.7 Å². The fourth-order valence-corrected chi connectivity index (χ4v) is 3.60. The summed E-state index contributed by atoms with van der Waals surface area (Å²) >= 11 is 3.31. The molecular formula is C19H21BrN8O3. The lowest BCUT2D eigenvalue weighted by molar-refractivity contribution is 0.0816. The lowest BCUT2D eigenvalue weighted by atomic mass is 10.2. The molecule has 3 N–H and O–H groups in total. The van der Waals surface area contributed by atoms with Crippen LogP contribution in [0.3, 0.4) is 0 Å². The number of anilines is 1. The van der Waals surface area contributed by atoms with Crippen molar-refractivity contribution < 1.29 is 14.3 Å². The summed E-state index contributed by atoms with van der Waals surface area (Å²) in [5, 5.41) is 10.9. The van der Waals surface area contributed by atoms with Crippen molar-refractivity contribution in [1.29, 1.82) is 0 Å². The maximum absolute atomic E-state index is 12.7. The molecule has 0 aliphatic heterocycles. The van der Waals surface area contributed by atoms with Gasteiger partial charge in [0.05, 0.1) is 37.7 Å². The molecule has 31 heavy (non-hydrogen) atoms. The Balaban J connectivity index is 1.39. The zero-order valence-corrected chi connectivity index (χ0v) is 18.8. The number of nitrogens with two attached hydrogens (primary N) is 1. The monoisotopic (exact) mass is 488 g/mol. The quantitative estimate of drug-likeness (QED) is 0.375. The van der Waals surface area contributed by atoms with E-state index in [-0.39, 0.29) is 11.9 Å². The highest BCUT2D eigenvalue weighted by Crippen LogP contribution is 2.22. The summed E-state index contributed by atoms with van der Waals surface area (Å²) in [6.45, 7) is 2.53. The maximum Gasteiger partial charge on any atom is 0.270 e. The Morgan fingerprint density at radius 2 is 2.19 bits per heavy atom. The second-order valence-corrected chi connectivity index (χ2v) is 7.88. The second-order valence-electron chi connectivity index (χ2n) is 7.07. The molecule has 0 radical (unpaired) electrons. The molecule has 1 atom stereocenters. The van der Waals surface area contributed by atoms with E-state index in [1.807, 2.05) is 19.1 Å². The minimum absolute atomic E-state index is 0.232. The van der Waals surface area contributed by atoms with Crippen molar-refractivity contribution in [3.05, 3.63) is 40.4 Å². The van der Waals surface area contributed by atoms with E-state index >= 15 is 0 Å². The van der Waals surface area contributed by atoms with Crippen molar-refractivity contribution in [3.63, 3.8) is 0 Å². The number of nitrogens with one attached hydrogen (secondary N) is 1. The molecular weight excluding hydrogens is 468 g/mol. The third-order valence-electron chi connectivity index (χ3n) is 4.68. The maximum atomic E-state index is 12.7. The summed E-state index contributed by atoms with van der Waals surface area (Å²) < 4.78 is 14.8. The number of nitrogen functional groups attached to an aromatic ring is 1. The molecule has 1 aromatic carbocycles. The molecule has 0 bridgehead atoms. The van der Waals surface area contributed by atoms with Gasteiger partial charge in [-0.1, -0.05) is 5.21 Å². The molecule has 11 nitrogen and oxygen atoms in total. The van der Waals surface area contributed by atoms with E-state index < -0.39 is 0 Å². The van der Waals surface area contributed by atoms with Crippen molar-refractivity contribution in [2.75, 3.05) is 19.5 Å². The number of aromatic nitrogens is 6. The molecule has 3 heterocycles. The smallest absolute Gasteiger partial charge is 0.270 e. The van der Waals surface area contributed by atoms with E-state index in [1.165, 1.54) is 13.3 Å². The minimum Gasteiger partial charge on any atom is -0.478 e. The number of nitrogens with zero attached hydrogens (tertiary/aromatic N) is 6. The topological polar surface area (TPSA) is 134 Å². The Morgan fingerprint density at radius 1 is 1.39 bits per heavy atom. The Hall–Kier alpha value is -3.25. The van der Waals surface area contributed by atoms with Crippen LogP contribution in [-0.2, 0) is 18.4 Å². The summed E-state index contributed by atoms with van der Waals surface area (Å²) in [6.07, 6.45) is 3.14. The number of benzene rings is 1. The molecule has 0 aliphatic carbocycles. The normalized spacial score (nSPS) is 12.4. The number of halogens is 1. The van der Waals surface area contributed by atoms with Gasteiger partial charge in [0.25, 0.3) is 11.8 Å². The van der Waals surface area contributed by atoms with Gasteiger partial charge in [-0.3, -0.25) is 9.20 Å². The van der Waals surface area contributed by atoms with E-state index in [2.05, 4.69) is 41.5 Å². The van der Waals surface area contributed by atoms with E-state index in [4.69, 9.17) is 15.2 Å². The third-order valence-corrected chi connectivity index (χ3v) is 5.06. The predicted molar refractivity (Wildman–Crippen MR) is 117 cm³/mol. The molecule has 12 heteroatoms. The van der Waals surface area contributed by atoms with Gasteiger partial charge in [-0.2, -0.15) is 0 Å². The zero-order chi connectivity index (χ0) is 22.1. The highest BCUT2D eigenvalue weighted by Gasteiger charge is 2.18. The number of aryl methyl sites for hydroxylation is 1. The molecule has 0 aliphatic rings.